The molecule has 4 nitrogen and oxygen atoms in total. The lowest BCUT2D eigenvalue weighted by atomic mass is 10.2. The van der Waals surface area contributed by atoms with E-state index in [1.807, 2.05) is 0 Å². The molecule has 1 aromatic heterocycles. The van der Waals surface area contributed by atoms with Crippen LogP contribution in [-0.2, 0) is 4.79 Å². The second-order valence-corrected chi connectivity index (χ2v) is 4.18. The smallest absolute Gasteiger partial charge is 0.275 e. The van der Waals surface area contributed by atoms with Gasteiger partial charge in [-0.3, -0.25) is 9.78 Å². The molecule has 0 fully saturated rings. The predicted octanol–water partition coefficient (Wildman–Crippen LogP) is 2.14. The minimum atomic E-state index is -0.394. The molecule has 1 N–H and O–H groups in total. The first kappa shape index (κ1) is 12.2. The van der Waals surface area contributed by atoms with E-state index in [4.69, 9.17) is 0 Å². The van der Waals surface area contributed by atoms with Crippen LogP contribution in [0.4, 0.5) is 4.39 Å². The number of amides is 1. The van der Waals surface area contributed by atoms with Crippen molar-refractivity contribution in [1.82, 2.24) is 10.3 Å². The molecule has 0 spiro atoms. The van der Waals surface area contributed by atoms with Gasteiger partial charge in [-0.1, -0.05) is 24.3 Å². The van der Waals surface area contributed by atoms with Crippen LogP contribution in [0.15, 0.2) is 59.4 Å². The van der Waals surface area contributed by atoms with E-state index in [9.17, 15) is 9.18 Å². The van der Waals surface area contributed by atoms with Gasteiger partial charge in [-0.25, -0.2) is 9.38 Å². The zero-order chi connectivity index (χ0) is 13.9. The first-order chi connectivity index (χ1) is 9.74. The molecule has 2 heterocycles. The number of nitrogens with zero attached hydrogens (tertiary/aromatic N) is 2. The van der Waals surface area contributed by atoms with Gasteiger partial charge in [0.05, 0.1) is 0 Å². The highest BCUT2D eigenvalue weighted by atomic mass is 19.1. The van der Waals surface area contributed by atoms with Gasteiger partial charge in [-0.15, -0.1) is 0 Å². The molecule has 98 valence electrons. The van der Waals surface area contributed by atoms with E-state index in [2.05, 4.69) is 15.3 Å². The third-order valence-corrected chi connectivity index (χ3v) is 2.80. The van der Waals surface area contributed by atoms with E-state index in [0.29, 0.717) is 17.1 Å². The van der Waals surface area contributed by atoms with E-state index in [0.717, 1.165) is 0 Å². The van der Waals surface area contributed by atoms with Crippen molar-refractivity contribution in [3.05, 3.63) is 71.4 Å². The molecule has 0 radical (unpaired) electrons. The molecule has 3 rings (SSSR count). The van der Waals surface area contributed by atoms with Gasteiger partial charge >= 0.3 is 0 Å². The molecule has 1 aliphatic rings. The zero-order valence-electron chi connectivity index (χ0n) is 10.4. The Bertz CT molecular complexity index is 723. The van der Waals surface area contributed by atoms with Crippen molar-refractivity contribution in [2.24, 2.45) is 4.99 Å². The van der Waals surface area contributed by atoms with Crippen LogP contribution in [0, 0.1) is 5.82 Å². The Balaban J connectivity index is 1.97. The molecule has 0 bridgehead atoms. The molecule has 5 heteroatoms. The quantitative estimate of drug-likeness (QED) is 0.847. The van der Waals surface area contributed by atoms with Crippen LogP contribution in [-0.4, -0.2) is 16.7 Å². The van der Waals surface area contributed by atoms with Crippen LogP contribution >= 0.6 is 0 Å². The van der Waals surface area contributed by atoms with E-state index in [-0.39, 0.29) is 11.6 Å². The maximum Gasteiger partial charge on any atom is 0.275 e. The summed E-state index contributed by atoms with van der Waals surface area (Å²) in [6, 6.07) is 11.5. The Morgan fingerprint density at radius 1 is 1.10 bits per heavy atom. The fourth-order valence-corrected chi connectivity index (χ4v) is 1.83. The second-order valence-electron chi connectivity index (χ2n) is 4.18. The van der Waals surface area contributed by atoms with Gasteiger partial charge in [-0.2, -0.15) is 0 Å². The highest BCUT2D eigenvalue weighted by Crippen LogP contribution is 2.16. The van der Waals surface area contributed by atoms with Crippen molar-refractivity contribution in [3.8, 4) is 0 Å². The zero-order valence-corrected chi connectivity index (χ0v) is 10.4. The van der Waals surface area contributed by atoms with Gasteiger partial charge < -0.3 is 5.32 Å². The topological polar surface area (TPSA) is 54.4 Å². The van der Waals surface area contributed by atoms with E-state index >= 15 is 0 Å². The number of rotatable bonds is 2. The van der Waals surface area contributed by atoms with Crippen LogP contribution in [0.2, 0.25) is 0 Å². The maximum atomic E-state index is 13.6. The standard InChI is InChI=1S/C15H10FN3O/c16-11-6-2-1-5-10(11)9-13-15(20)19-14(18-13)12-7-3-4-8-17-12/h1-9H,(H,18,19,20)/b13-9-. The Labute approximate surface area is 114 Å². The highest BCUT2D eigenvalue weighted by molar-refractivity contribution is 6.19. The number of carbonyl (C=O) groups is 1. The number of hydrogen-bond donors (Lipinski definition) is 1. The number of aromatic nitrogens is 1. The summed E-state index contributed by atoms with van der Waals surface area (Å²) >= 11 is 0. The van der Waals surface area contributed by atoms with Gasteiger partial charge in [0.15, 0.2) is 5.84 Å². The number of benzene rings is 1. The van der Waals surface area contributed by atoms with Crippen LogP contribution in [0.3, 0.4) is 0 Å². The number of amidine groups is 1. The second kappa shape index (κ2) is 5.05. The minimum Gasteiger partial charge on any atom is -0.303 e. The SMILES string of the molecule is O=C1NC(c2ccccn2)=N/C1=C\c1ccccc1F. The summed E-state index contributed by atoms with van der Waals surface area (Å²) in [6.07, 6.45) is 3.03. The lowest BCUT2D eigenvalue weighted by Crippen LogP contribution is -2.25. The van der Waals surface area contributed by atoms with Crippen molar-refractivity contribution in [1.29, 1.82) is 0 Å². The normalized spacial score (nSPS) is 16.1. The van der Waals surface area contributed by atoms with Crippen molar-refractivity contribution >= 4 is 17.8 Å². The monoisotopic (exact) mass is 267 g/mol. The van der Waals surface area contributed by atoms with Gasteiger partial charge in [0.25, 0.3) is 5.91 Å². The highest BCUT2D eigenvalue weighted by Gasteiger charge is 2.21. The molecule has 1 amide bonds. The summed E-state index contributed by atoms with van der Waals surface area (Å²) in [5.74, 6) is -0.388. The third kappa shape index (κ3) is 2.33. The van der Waals surface area contributed by atoms with Crippen LogP contribution in [0.5, 0.6) is 0 Å². The molecule has 20 heavy (non-hydrogen) atoms. The van der Waals surface area contributed by atoms with Gasteiger partial charge in [0.2, 0.25) is 0 Å². The predicted molar refractivity (Wildman–Crippen MR) is 73.3 cm³/mol. The van der Waals surface area contributed by atoms with Gasteiger partial charge in [0, 0.05) is 11.8 Å². The fraction of sp³-hybridized carbons (Fsp3) is 0. The summed E-state index contributed by atoms with van der Waals surface area (Å²) in [5, 5.41) is 2.62. The molecular formula is C15H10FN3O. The lowest BCUT2D eigenvalue weighted by molar-refractivity contribution is -0.115. The Kier molecular flexibility index (Phi) is 3.09. The molecular weight excluding hydrogens is 257 g/mol. The van der Waals surface area contributed by atoms with E-state index in [1.54, 1.807) is 42.6 Å². The number of pyridine rings is 1. The molecule has 0 unspecified atom stereocenters. The maximum absolute atomic E-state index is 13.6. The first-order valence-corrected chi connectivity index (χ1v) is 6.02. The lowest BCUT2D eigenvalue weighted by Gasteiger charge is -1.97. The van der Waals surface area contributed by atoms with E-state index in [1.165, 1.54) is 12.1 Å². The van der Waals surface area contributed by atoms with Gasteiger partial charge in [-0.05, 0) is 24.3 Å². The Hall–Kier alpha value is -2.82. The number of hydrogen-bond acceptors (Lipinski definition) is 3. The average Bonchev–Trinajstić information content (AvgIpc) is 2.84. The Morgan fingerprint density at radius 2 is 1.90 bits per heavy atom. The summed E-state index contributed by atoms with van der Waals surface area (Å²) in [6.45, 7) is 0. The molecule has 0 saturated carbocycles. The molecule has 2 aromatic rings. The average molecular weight is 267 g/mol. The first-order valence-electron chi connectivity index (χ1n) is 6.02. The number of halogens is 1. The van der Waals surface area contributed by atoms with Crippen molar-refractivity contribution in [2.45, 2.75) is 0 Å². The number of nitrogens with one attached hydrogen (secondary N) is 1. The molecule has 1 aromatic carbocycles. The molecule has 1 aliphatic heterocycles. The van der Waals surface area contributed by atoms with Crippen molar-refractivity contribution in [3.63, 3.8) is 0 Å². The van der Waals surface area contributed by atoms with E-state index < -0.39 is 5.82 Å². The third-order valence-electron chi connectivity index (χ3n) is 2.80. The number of aliphatic imine (C=N–C) groups is 1. The van der Waals surface area contributed by atoms with Crippen LogP contribution in [0.1, 0.15) is 11.3 Å². The molecule has 0 aliphatic carbocycles. The summed E-state index contributed by atoms with van der Waals surface area (Å²) < 4.78 is 13.6. The Morgan fingerprint density at radius 3 is 2.65 bits per heavy atom. The van der Waals surface area contributed by atoms with Crippen molar-refractivity contribution < 1.29 is 9.18 Å². The number of carbonyl (C=O) groups excluding carboxylic acids is 1. The molecule has 0 saturated heterocycles. The van der Waals surface area contributed by atoms with Gasteiger partial charge in [0.1, 0.15) is 17.2 Å². The summed E-state index contributed by atoms with van der Waals surface area (Å²) in [7, 11) is 0. The van der Waals surface area contributed by atoms with Crippen LogP contribution < -0.4 is 5.32 Å². The minimum absolute atomic E-state index is 0.163. The molecule has 0 atom stereocenters. The summed E-state index contributed by atoms with van der Waals surface area (Å²) in [4.78, 5) is 20.1. The largest absolute Gasteiger partial charge is 0.303 e. The summed E-state index contributed by atoms with van der Waals surface area (Å²) in [5.41, 5.74) is 1.05. The fourth-order valence-electron chi connectivity index (χ4n) is 1.83. The van der Waals surface area contributed by atoms with Crippen LogP contribution in [0.25, 0.3) is 6.08 Å². The van der Waals surface area contributed by atoms with Crippen molar-refractivity contribution in [2.75, 3.05) is 0 Å².